The maximum Gasteiger partial charge on any atom is 0.248 e. The highest BCUT2D eigenvalue weighted by atomic mass is 32.2. The summed E-state index contributed by atoms with van der Waals surface area (Å²) in [4.78, 5) is 16.5. The molecule has 0 bridgehead atoms. The van der Waals surface area contributed by atoms with Gasteiger partial charge in [-0.15, -0.1) is 5.10 Å². The minimum absolute atomic E-state index is 0.124. The number of sulfonamides is 1. The van der Waals surface area contributed by atoms with Crippen LogP contribution in [0.4, 0.5) is 11.6 Å². The molecule has 8 nitrogen and oxygen atoms in total. The number of para-hydroxylation sites is 1. The molecule has 0 spiro atoms. The van der Waals surface area contributed by atoms with Crippen molar-refractivity contribution in [3.63, 3.8) is 0 Å². The van der Waals surface area contributed by atoms with E-state index in [2.05, 4.69) is 15.4 Å². The lowest BCUT2D eigenvalue weighted by Gasteiger charge is -2.23. The van der Waals surface area contributed by atoms with Gasteiger partial charge < -0.3 is 0 Å². The third-order valence-electron chi connectivity index (χ3n) is 4.05. The third-order valence-corrected chi connectivity index (χ3v) is 5.17. The van der Waals surface area contributed by atoms with Crippen LogP contribution in [0.5, 0.6) is 0 Å². The molecule has 146 valence electrons. The van der Waals surface area contributed by atoms with Crippen molar-refractivity contribution in [1.82, 2.24) is 14.8 Å². The van der Waals surface area contributed by atoms with E-state index in [-0.39, 0.29) is 12.5 Å². The summed E-state index contributed by atoms with van der Waals surface area (Å²) in [6.07, 6.45) is 2.58. The van der Waals surface area contributed by atoms with Crippen LogP contribution in [-0.4, -0.2) is 41.9 Å². The number of hydrogen-bond donors (Lipinski definition) is 1. The van der Waals surface area contributed by atoms with E-state index in [0.717, 1.165) is 21.7 Å². The normalized spacial score (nSPS) is 11.2. The largest absolute Gasteiger partial charge is 0.292 e. The fourth-order valence-electron chi connectivity index (χ4n) is 2.72. The minimum atomic E-state index is -3.64. The van der Waals surface area contributed by atoms with Crippen LogP contribution in [0.3, 0.4) is 0 Å². The van der Waals surface area contributed by atoms with Gasteiger partial charge in [-0.25, -0.2) is 18.1 Å². The van der Waals surface area contributed by atoms with Gasteiger partial charge in [-0.3, -0.25) is 14.4 Å². The summed E-state index contributed by atoms with van der Waals surface area (Å²) in [6.45, 7) is 1.94. The van der Waals surface area contributed by atoms with Crippen LogP contribution >= 0.6 is 0 Å². The molecule has 0 atom stereocenters. The fourth-order valence-corrected chi connectivity index (χ4v) is 3.63. The Morgan fingerprint density at radius 2 is 1.79 bits per heavy atom. The van der Waals surface area contributed by atoms with Gasteiger partial charge in [-0.1, -0.05) is 48.5 Å². The lowest BCUT2D eigenvalue weighted by atomic mass is 10.2. The van der Waals surface area contributed by atoms with Gasteiger partial charge in [0.1, 0.15) is 12.9 Å². The second-order valence-electron chi connectivity index (χ2n) is 6.36. The van der Waals surface area contributed by atoms with Crippen molar-refractivity contribution in [3.8, 4) is 0 Å². The van der Waals surface area contributed by atoms with E-state index in [9.17, 15) is 13.2 Å². The Labute approximate surface area is 163 Å². The molecule has 1 amide bonds. The second-order valence-corrected chi connectivity index (χ2v) is 8.26. The predicted octanol–water partition coefficient (Wildman–Crippen LogP) is 2.04. The average molecular weight is 399 g/mol. The van der Waals surface area contributed by atoms with E-state index < -0.39 is 15.9 Å². The number of hydrogen-bond acceptors (Lipinski definition) is 5. The maximum atomic E-state index is 12.4. The van der Waals surface area contributed by atoms with E-state index in [4.69, 9.17) is 0 Å². The summed E-state index contributed by atoms with van der Waals surface area (Å²) >= 11 is 0. The molecule has 2 aromatic carbocycles. The summed E-state index contributed by atoms with van der Waals surface area (Å²) < 4.78 is 27.0. The quantitative estimate of drug-likeness (QED) is 0.656. The standard InChI is InChI=1S/C19H21N5O3S/c1-15-8-6-7-11-17(15)24(28(2,26)27)13-18(25)21-19-20-14-23(22-19)12-16-9-4-3-5-10-16/h3-11,14H,12-13H2,1-2H3,(H,21,22,25). The Bertz CT molecular complexity index is 1060. The van der Waals surface area contributed by atoms with Crippen LogP contribution in [0.15, 0.2) is 60.9 Å². The minimum Gasteiger partial charge on any atom is -0.292 e. The number of aromatic nitrogens is 3. The zero-order valence-corrected chi connectivity index (χ0v) is 16.4. The fraction of sp³-hybridized carbons (Fsp3) is 0.211. The van der Waals surface area contributed by atoms with Crippen LogP contribution in [0, 0.1) is 6.92 Å². The monoisotopic (exact) mass is 399 g/mol. The van der Waals surface area contributed by atoms with Gasteiger partial charge in [-0.05, 0) is 24.1 Å². The Hall–Kier alpha value is -3.20. The molecular formula is C19H21N5O3S. The van der Waals surface area contributed by atoms with Crippen molar-refractivity contribution >= 4 is 27.6 Å². The van der Waals surface area contributed by atoms with Gasteiger partial charge in [0.25, 0.3) is 0 Å². The molecule has 0 radical (unpaired) electrons. The number of aryl methyl sites for hydroxylation is 1. The molecule has 1 heterocycles. The van der Waals surface area contributed by atoms with Gasteiger partial charge in [-0.2, -0.15) is 0 Å². The van der Waals surface area contributed by atoms with E-state index in [1.165, 1.54) is 6.33 Å². The molecule has 1 N–H and O–H groups in total. The smallest absolute Gasteiger partial charge is 0.248 e. The average Bonchev–Trinajstić information content (AvgIpc) is 3.07. The van der Waals surface area contributed by atoms with Crippen molar-refractivity contribution in [2.24, 2.45) is 0 Å². The lowest BCUT2D eigenvalue weighted by Crippen LogP contribution is -2.38. The molecule has 0 saturated carbocycles. The topological polar surface area (TPSA) is 97.2 Å². The van der Waals surface area contributed by atoms with E-state index >= 15 is 0 Å². The van der Waals surface area contributed by atoms with Gasteiger partial charge in [0, 0.05) is 0 Å². The zero-order valence-electron chi connectivity index (χ0n) is 15.6. The van der Waals surface area contributed by atoms with Crippen molar-refractivity contribution in [3.05, 3.63) is 72.1 Å². The van der Waals surface area contributed by atoms with Crippen molar-refractivity contribution in [2.75, 3.05) is 22.4 Å². The summed E-state index contributed by atoms with van der Waals surface area (Å²) in [5.74, 6) is -0.398. The number of carbonyl (C=O) groups excluding carboxylic acids is 1. The van der Waals surface area contributed by atoms with Gasteiger partial charge in [0.15, 0.2) is 0 Å². The Morgan fingerprint density at radius 1 is 1.11 bits per heavy atom. The number of rotatable bonds is 7. The number of carbonyl (C=O) groups is 1. The molecule has 0 saturated heterocycles. The van der Waals surface area contributed by atoms with E-state index in [1.54, 1.807) is 29.8 Å². The Morgan fingerprint density at radius 3 is 2.46 bits per heavy atom. The third kappa shape index (κ3) is 4.95. The summed E-state index contributed by atoms with van der Waals surface area (Å²) in [7, 11) is -3.64. The maximum absolute atomic E-state index is 12.4. The number of benzene rings is 2. The van der Waals surface area contributed by atoms with E-state index in [1.807, 2.05) is 36.4 Å². The second kappa shape index (κ2) is 8.22. The molecule has 0 aliphatic rings. The molecule has 0 aliphatic carbocycles. The predicted molar refractivity (Wildman–Crippen MR) is 108 cm³/mol. The molecule has 28 heavy (non-hydrogen) atoms. The van der Waals surface area contributed by atoms with Crippen molar-refractivity contribution < 1.29 is 13.2 Å². The number of amides is 1. The summed E-state index contributed by atoms with van der Waals surface area (Å²) in [6, 6.07) is 16.7. The zero-order chi connectivity index (χ0) is 20.1. The number of anilines is 2. The SMILES string of the molecule is Cc1ccccc1N(CC(=O)Nc1ncn(Cc2ccccc2)n1)S(C)(=O)=O. The van der Waals surface area contributed by atoms with Gasteiger partial charge >= 0.3 is 0 Å². The highest BCUT2D eigenvalue weighted by Gasteiger charge is 2.22. The molecule has 0 fully saturated rings. The summed E-state index contributed by atoms with van der Waals surface area (Å²) in [5, 5.41) is 6.76. The van der Waals surface area contributed by atoms with Crippen LogP contribution in [0.1, 0.15) is 11.1 Å². The first kappa shape index (κ1) is 19.6. The van der Waals surface area contributed by atoms with Crippen LogP contribution in [0.2, 0.25) is 0 Å². The van der Waals surface area contributed by atoms with Gasteiger partial charge in [0.05, 0.1) is 18.5 Å². The first-order chi connectivity index (χ1) is 13.3. The van der Waals surface area contributed by atoms with Crippen molar-refractivity contribution in [1.29, 1.82) is 0 Å². The highest BCUT2D eigenvalue weighted by Crippen LogP contribution is 2.21. The number of nitrogens with zero attached hydrogens (tertiary/aromatic N) is 4. The first-order valence-corrected chi connectivity index (χ1v) is 10.4. The van der Waals surface area contributed by atoms with E-state index in [0.29, 0.717) is 12.2 Å². The molecule has 3 rings (SSSR count). The summed E-state index contributed by atoms with van der Waals surface area (Å²) in [5.41, 5.74) is 2.27. The van der Waals surface area contributed by atoms with Crippen LogP contribution in [-0.2, 0) is 21.4 Å². The number of nitrogens with one attached hydrogen (secondary N) is 1. The van der Waals surface area contributed by atoms with Crippen molar-refractivity contribution in [2.45, 2.75) is 13.5 Å². The highest BCUT2D eigenvalue weighted by molar-refractivity contribution is 7.92. The molecule has 1 aromatic heterocycles. The lowest BCUT2D eigenvalue weighted by molar-refractivity contribution is -0.114. The molecule has 0 unspecified atom stereocenters. The Balaban J connectivity index is 1.69. The Kier molecular flexibility index (Phi) is 5.74. The first-order valence-electron chi connectivity index (χ1n) is 8.59. The molecular weight excluding hydrogens is 378 g/mol. The van der Waals surface area contributed by atoms with Gasteiger partial charge in [0.2, 0.25) is 21.9 Å². The molecule has 0 aliphatic heterocycles. The molecule has 9 heteroatoms. The van der Waals surface area contributed by atoms with Crippen LogP contribution in [0.25, 0.3) is 0 Å². The van der Waals surface area contributed by atoms with Crippen LogP contribution < -0.4 is 9.62 Å². The molecule has 3 aromatic rings.